The van der Waals surface area contributed by atoms with Gasteiger partial charge in [0.05, 0.1) is 5.39 Å². The molecule has 2 nitrogen and oxygen atoms in total. The number of para-hydroxylation sites is 1. The van der Waals surface area contributed by atoms with Gasteiger partial charge in [0, 0.05) is 0 Å². The Bertz CT molecular complexity index is 760. The minimum absolute atomic E-state index is 0.0192. The lowest BCUT2D eigenvalue weighted by Gasteiger charge is -2.03. The van der Waals surface area contributed by atoms with Crippen molar-refractivity contribution in [2.75, 3.05) is 0 Å². The fourth-order valence-corrected chi connectivity index (χ4v) is 1.96. The maximum absolute atomic E-state index is 13.9. The molecule has 0 bridgehead atoms. The first kappa shape index (κ1) is 10.7. The second-order valence-corrected chi connectivity index (χ2v) is 3.94. The summed E-state index contributed by atoms with van der Waals surface area (Å²) in [6.07, 6.45) is 0. The lowest BCUT2D eigenvalue weighted by atomic mass is 10.1. The van der Waals surface area contributed by atoms with E-state index < -0.39 is 6.01 Å². The number of hydrogen-bond acceptors (Lipinski definition) is 2. The van der Waals surface area contributed by atoms with Crippen molar-refractivity contribution in [2.45, 2.75) is 0 Å². The Balaban J connectivity index is 2.41. The van der Waals surface area contributed by atoms with E-state index in [0.717, 1.165) is 0 Å². The molecule has 2 aromatic carbocycles. The van der Waals surface area contributed by atoms with E-state index in [0.29, 0.717) is 10.9 Å². The fourth-order valence-electron chi connectivity index (χ4n) is 1.96. The number of halogens is 1. The number of fused-ring (bicyclic) bond motifs is 1. The van der Waals surface area contributed by atoms with E-state index in [4.69, 9.17) is 4.42 Å². The summed E-state index contributed by atoms with van der Waals surface area (Å²) in [6.45, 7) is 0. The average molecular weight is 240 g/mol. The monoisotopic (exact) mass is 240 g/mol. The van der Waals surface area contributed by atoms with Crippen LogP contribution in [0.1, 0.15) is 0 Å². The Kier molecular flexibility index (Phi) is 2.45. The zero-order chi connectivity index (χ0) is 12.5. The zero-order valence-electron chi connectivity index (χ0n) is 9.39. The van der Waals surface area contributed by atoms with Crippen LogP contribution in [0, 0.1) is 6.01 Å². The molecule has 3 aromatic rings. The molecule has 0 unspecified atom stereocenters. The van der Waals surface area contributed by atoms with E-state index >= 15 is 0 Å². The van der Waals surface area contributed by atoms with Crippen molar-refractivity contribution in [3.63, 3.8) is 0 Å². The van der Waals surface area contributed by atoms with E-state index in [9.17, 15) is 9.18 Å². The van der Waals surface area contributed by atoms with Crippen LogP contribution in [0.15, 0.2) is 63.8 Å². The maximum atomic E-state index is 13.9. The summed E-state index contributed by atoms with van der Waals surface area (Å²) in [6, 6.07) is 14.5. The molecule has 0 amide bonds. The van der Waals surface area contributed by atoms with Gasteiger partial charge >= 0.3 is 0 Å². The van der Waals surface area contributed by atoms with Crippen LogP contribution in [0.2, 0.25) is 0 Å². The molecule has 3 rings (SSSR count). The van der Waals surface area contributed by atoms with Gasteiger partial charge in [-0.3, -0.25) is 4.79 Å². The highest BCUT2D eigenvalue weighted by Crippen LogP contribution is 2.22. The van der Waals surface area contributed by atoms with E-state index in [-0.39, 0.29) is 16.6 Å². The third-order valence-electron chi connectivity index (χ3n) is 2.82. The third-order valence-corrected chi connectivity index (χ3v) is 2.82. The Hall–Kier alpha value is -2.42. The van der Waals surface area contributed by atoms with Crippen molar-refractivity contribution in [2.24, 2.45) is 0 Å². The van der Waals surface area contributed by atoms with Gasteiger partial charge in [-0.2, -0.15) is 4.39 Å². The van der Waals surface area contributed by atoms with Crippen LogP contribution < -0.4 is 5.43 Å². The first-order chi connectivity index (χ1) is 8.77. The molecule has 0 radical (unpaired) electrons. The van der Waals surface area contributed by atoms with Crippen molar-refractivity contribution >= 4 is 11.0 Å². The molecule has 0 saturated carbocycles. The molecular formula is C15H9FO2. The smallest absolute Gasteiger partial charge is 0.290 e. The van der Waals surface area contributed by atoms with Gasteiger partial charge in [0.15, 0.2) is 0 Å². The van der Waals surface area contributed by atoms with Crippen molar-refractivity contribution in [1.82, 2.24) is 0 Å². The molecule has 3 heteroatoms. The van der Waals surface area contributed by atoms with Gasteiger partial charge in [0.1, 0.15) is 11.1 Å². The molecule has 0 aliphatic carbocycles. The molecule has 0 N–H and O–H groups in total. The largest absolute Gasteiger partial charge is 0.430 e. The van der Waals surface area contributed by atoms with Gasteiger partial charge in [0.25, 0.3) is 6.01 Å². The number of benzene rings is 2. The average Bonchev–Trinajstić information content (AvgIpc) is 2.40. The van der Waals surface area contributed by atoms with Crippen LogP contribution in [-0.2, 0) is 0 Å². The molecule has 0 fully saturated rings. The second kappa shape index (κ2) is 4.11. The van der Waals surface area contributed by atoms with E-state index in [1.807, 2.05) is 6.07 Å². The first-order valence-corrected chi connectivity index (χ1v) is 5.54. The highest BCUT2D eigenvalue weighted by Gasteiger charge is 2.15. The molecule has 0 saturated heterocycles. The van der Waals surface area contributed by atoms with Gasteiger partial charge in [-0.15, -0.1) is 0 Å². The van der Waals surface area contributed by atoms with E-state index in [1.165, 1.54) is 0 Å². The van der Waals surface area contributed by atoms with E-state index in [1.54, 1.807) is 48.5 Å². The highest BCUT2D eigenvalue weighted by molar-refractivity contribution is 5.81. The lowest BCUT2D eigenvalue weighted by molar-refractivity contribution is 0.373. The fraction of sp³-hybridized carbons (Fsp3) is 0. The Morgan fingerprint density at radius 2 is 1.56 bits per heavy atom. The van der Waals surface area contributed by atoms with Crippen LogP contribution >= 0.6 is 0 Å². The normalized spacial score (nSPS) is 10.7. The number of hydrogen-bond donors (Lipinski definition) is 0. The summed E-state index contributed by atoms with van der Waals surface area (Å²) in [5, 5.41) is 0.387. The minimum atomic E-state index is -0.843. The maximum Gasteiger partial charge on any atom is 0.290 e. The second-order valence-electron chi connectivity index (χ2n) is 3.94. The molecule has 0 atom stereocenters. The van der Waals surface area contributed by atoms with Gasteiger partial charge in [0.2, 0.25) is 5.43 Å². The molecule has 0 aliphatic heterocycles. The van der Waals surface area contributed by atoms with Gasteiger partial charge in [-0.1, -0.05) is 42.5 Å². The zero-order valence-corrected chi connectivity index (χ0v) is 9.39. The van der Waals surface area contributed by atoms with Crippen LogP contribution in [0.25, 0.3) is 22.1 Å². The summed E-state index contributed by atoms with van der Waals surface area (Å²) in [5.74, 6) is 0. The predicted molar refractivity (Wildman–Crippen MR) is 67.9 cm³/mol. The Morgan fingerprint density at radius 3 is 2.33 bits per heavy atom. The van der Waals surface area contributed by atoms with Gasteiger partial charge < -0.3 is 4.42 Å². The molecule has 88 valence electrons. The Morgan fingerprint density at radius 1 is 0.889 bits per heavy atom. The topological polar surface area (TPSA) is 30.2 Å². The standard InChI is InChI=1S/C15H9FO2/c16-15-13(10-6-2-1-3-7-10)14(17)11-8-4-5-9-12(11)18-15/h1-9H. The van der Waals surface area contributed by atoms with Crippen molar-refractivity contribution in [3.05, 3.63) is 70.8 Å². The molecule has 1 aromatic heterocycles. The number of rotatable bonds is 1. The van der Waals surface area contributed by atoms with Crippen molar-refractivity contribution in [1.29, 1.82) is 0 Å². The van der Waals surface area contributed by atoms with E-state index in [2.05, 4.69) is 0 Å². The van der Waals surface area contributed by atoms with Crippen LogP contribution in [0.4, 0.5) is 4.39 Å². The molecule has 0 aliphatic rings. The summed E-state index contributed by atoms with van der Waals surface area (Å²) < 4.78 is 19.0. The summed E-state index contributed by atoms with van der Waals surface area (Å²) in [4.78, 5) is 12.2. The lowest BCUT2D eigenvalue weighted by Crippen LogP contribution is -2.07. The minimum Gasteiger partial charge on any atom is -0.430 e. The molecule has 0 spiro atoms. The van der Waals surface area contributed by atoms with Crippen LogP contribution in [0.5, 0.6) is 0 Å². The summed E-state index contributed by atoms with van der Waals surface area (Å²) >= 11 is 0. The van der Waals surface area contributed by atoms with Gasteiger partial charge in [-0.05, 0) is 17.7 Å². The first-order valence-electron chi connectivity index (χ1n) is 5.54. The Labute approximate surface area is 102 Å². The third kappa shape index (κ3) is 1.61. The highest BCUT2D eigenvalue weighted by atomic mass is 19.1. The van der Waals surface area contributed by atoms with Crippen molar-refractivity contribution in [3.8, 4) is 11.1 Å². The SMILES string of the molecule is O=c1c(-c2ccccc2)c(F)oc2ccccc12. The molecule has 18 heavy (non-hydrogen) atoms. The molecular weight excluding hydrogens is 231 g/mol. The quantitative estimate of drug-likeness (QED) is 0.650. The van der Waals surface area contributed by atoms with Crippen LogP contribution in [-0.4, -0.2) is 0 Å². The predicted octanol–water partition coefficient (Wildman–Crippen LogP) is 3.60. The van der Waals surface area contributed by atoms with Crippen molar-refractivity contribution < 1.29 is 8.81 Å². The summed E-state index contributed by atoms with van der Waals surface area (Å²) in [7, 11) is 0. The van der Waals surface area contributed by atoms with Crippen LogP contribution in [0.3, 0.4) is 0 Å². The summed E-state index contributed by atoms with van der Waals surface area (Å²) in [5.41, 5.74) is 0.420. The molecule has 1 heterocycles. The van der Waals surface area contributed by atoms with Gasteiger partial charge in [-0.25, -0.2) is 0 Å².